The summed E-state index contributed by atoms with van der Waals surface area (Å²) in [5.41, 5.74) is 2.04. The fourth-order valence-electron chi connectivity index (χ4n) is 2.59. The molecule has 1 heterocycles. The molecule has 5 heteroatoms. The van der Waals surface area contributed by atoms with Crippen molar-refractivity contribution >= 4 is 22.5 Å². The van der Waals surface area contributed by atoms with E-state index in [4.69, 9.17) is 4.74 Å². The number of carbonyl (C=O) groups is 1. The van der Waals surface area contributed by atoms with Gasteiger partial charge in [-0.05, 0) is 30.5 Å². The zero-order chi connectivity index (χ0) is 16.1. The van der Waals surface area contributed by atoms with Crippen molar-refractivity contribution in [1.29, 1.82) is 0 Å². The second-order valence-corrected chi connectivity index (χ2v) is 5.35. The first-order valence-corrected chi connectivity index (χ1v) is 7.54. The van der Waals surface area contributed by atoms with Crippen LogP contribution in [0.15, 0.2) is 29.1 Å². The number of anilines is 1. The number of hydrogen-bond donors (Lipinski definition) is 2. The lowest BCUT2D eigenvalue weighted by Crippen LogP contribution is -2.21. The Morgan fingerprint density at radius 1 is 1.27 bits per heavy atom. The zero-order valence-corrected chi connectivity index (χ0v) is 13.2. The molecule has 5 nitrogen and oxygen atoms in total. The Labute approximate surface area is 129 Å². The van der Waals surface area contributed by atoms with Crippen LogP contribution < -0.4 is 10.9 Å². The molecule has 0 unspecified atom stereocenters. The summed E-state index contributed by atoms with van der Waals surface area (Å²) in [6.07, 6.45) is 1.62. The van der Waals surface area contributed by atoms with Crippen molar-refractivity contribution in [3.8, 4) is 0 Å². The van der Waals surface area contributed by atoms with E-state index in [1.807, 2.05) is 26.0 Å². The average molecular weight is 302 g/mol. The third kappa shape index (κ3) is 3.54. The van der Waals surface area contributed by atoms with E-state index in [9.17, 15) is 9.59 Å². The molecular formula is C17H22N2O3. The Balaban J connectivity index is 2.34. The Bertz CT molecular complexity index is 717. The van der Waals surface area contributed by atoms with Gasteiger partial charge in [0.25, 0.3) is 0 Å². The van der Waals surface area contributed by atoms with Crippen molar-refractivity contribution in [1.82, 2.24) is 4.98 Å². The summed E-state index contributed by atoms with van der Waals surface area (Å²) in [5.74, 6) is 0.0225. The van der Waals surface area contributed by atoms with Crippen molar-refractivity contribution in [2.45, 2.75) is 33.3 Å². The number of aromatic nitrogens is 1. The second kappa shape index (κ2) is 7.22. The lowest BCUT2D eigenvalue weighted by molar-refractivity contribution is -0.120. The van der Waals surface area contributed by atoms with Crippen LogP contribution in [0.3, 0.4) is 0 Å². The van der Waals surface area contributed by atoms with Crippen LogP contribution in [0.2, 0.25) is 0 Å². The lowest BCUT2D eigenvalue weighted by atomic mass is 10.0. The van der Waals surface area contributed by atoms with Gasteiger partial charge in [-0.1, -0.05) is 19.9 Å². The second-order valence-electron chi connectivity index (χ2n) is 5.35. The quantitative estimate of drug-likeness (QED) is 0.861. The van der Waals surface area contributed by atoms with Crippen LogP contribution in [0, 0.1) is 5.92 Å². The first kappa shape index (κ1) is 16.2. The lowest BCUT2D eigenvalue weighted by Gasteiger charge is -2.13. The summed E-state index contributed by atoms with van der Waals surface area (Å²) in [7, 11) is 1.59. The third-order valence-electron chi connectivity index (χ3n) is 3.85. The van der Waals surface area contributed by atoms with Crippen LogP contribution in [0.5, 0.6) is 0 Å². The van der Waals surface area contributed by atoms with Gasteiger partial charge in [-0.15, -0.1) is 0 Å². The Kier molecular flexibility index (Phi) is 5.33. The molecule has 118 valence electrons. The predicted molar refractivity (Wildman–Crippen MR) is 88.0 cm³/mol. The molecule has 0 fully saturated rings. The molecule has 0 radical (unpaired) electrons. The highest BCUT2D eigenvalue weighted by molar-refractivity contribution is 5.95. The number of hydrogen-bond acceptors (Lipinski definition) is 3. The van der Waals surface area contributed by atoms with Crippen LogP contribution in [0.4, 0.5) is 5.69 Å². The smallest absolute Gasteiger partial charge is 0.248 e. The molecule has 0 saturated carbocycles. The first-order valence-electron chi connectivity index (χ1n) is 7.54. The van der Waals surface area contributed by atoms with Crippen molar-refractivity contribution in [2.24, 2.45) is 5.92 Å². The number of amides is 1. The molecule has 0 aliphatic heterocycles. The number of aromatic amines is 1. The predicted octanol–water partition coefficient (Wildman–Crippen LogP) is 3.05. The molecule has 0 atom stereocenters. The van der Waals surface area contributed by atoms with Crippen LogP contribution in [0.25, 0.3) is 10.9 Å². The van der Waals surface area contributed by atoms with E-state index in [1.54, 1.807) is 13.2 Å². The average Bonchev–Trinajstić information content (AvgIpc) is 2.48. The van der Waals surface area contributed by atoms with Crippen molar-refractivity contribution in [3.63, 3.8) is 0 Å². The number of ether oxygens (including phenoxy) is 1. The summed E-state index contributed by atoms with van der Waals surface area (Å²) >= 11 is 0. The van der Waals surface area contributed by atoms with Gasteiger partial charge < -0.3 is 15.0 Å². The molecule has 0 aliphatic rings. The van der Waals surface area contributed by atoms with Gasteiger partial charge in [-0.25, -0.2) is 0 Å². The molecule has 2 aromatic rings. The summed E-state index contributed by atoms with van der Waals surface area (Å²) < 4.78 is 5.12. The normalized spacial score (nSPS) is 11.1. The number of nitrogens with one attached hydrogen (secondary N) is 2. The third-order valence-corrected chi connectivity index (χ3v) is 3.85. The maximum atomic E-state index is 12.1. The fraction of sp³-hybridized carbons (Fsp3) is 0.412. The van der Waals surface area contributed by atoms with Crippen LogP contribution in [-0.4, -0.2) is 18.0 Å². The zero-order valence-electron chi connectivity index (χ0n) is 13.2. The van der Waals surface area contributed by atoms with Crippen molar-refractivity contribution < 1.29 is 9.53 Å². The summed E-state index contributed by atoms with van der Waals surface area (Å²) in [6.45, 7) is 4.38. The number of rotatable bonds is 6. The van der Waals surface area contributed by atoms with Gasteiger partial charge in [-0.2, -0.15) is 0 Å². The highest BCUT2D eigenvalue weighted by Crippen LogP contribution is 2.21. The van der Waals surface area contributed by atoms with Gasteiger partial charge >= 0.3 is 0 Å². The number of H-pyrrole nitrogens is 1. The van der Waals surface area contributed by atoms with Gasteiger partial charge in [0.15, 0.2) is 0 Å². The van der Waals surface area contributed by atoms with E-state index < -0.39 is 0 Å². The molecule has 1 amide bonds. The molecule has 0 aliphatic carbocycles. The SMILES string of the molecule is CCC(CC)C(=O)Nc1ccc2c(COC)cc(=O)[nH]c2c1. The van der Waals surface area contributed by atoms with Crippen LogP contribution >= 0.6 is 0 Å². The Hall–Kier alpha value is -2.14. The van der Waals surface area contributed by atoms with Crippen LogP contribution in [-0.2, 0) is 16.1 Å². The minimum absolute atomic E-state index is 0.00886. The van der Waals surface area contributed by atoms with E-state index in [0.29, 0.717) is 17.8 Å². The maximum absolute atomic E-state index is 12.1. The molecular weight excluding hydrogens is 280 g/mol. The number of carbonyl (C=O) groups excluding carboxylic acids is 1. The first-order chi connectivity index (χ1) is 10.6. The highest BCUT2D eigenvalue weighted by Gasteiger charge is 2.14. The number of pyridine rings is 1. The van der Waals surface area contributed by atoms with Gasteiger partial charge in [0.2, 0.25) is 11.5 Å². The molecule has 22 heavy (non-hydrogen) atoms. The largest absolute Gasteiger partial charge is 0.380 e. The van der Waals surface area contributed by atoms with Gasteiger partial charge in [0.05, 0.1) is 12.1 Å². The molecule has 0 spiro atoms. The van der Waals surface area contributed by atoms with E-state index in [1.165, 1.54) is 6.07 Å². The standard InChI is InChI=1S/C17H22N2O3/c1-4-11(5-2)17(21)18-13-6-7-14-12(10-22-3)8-16(20)19-15(14)9-13/h6-9,11H,4-5,10H2,1-3H3,(H,18,21)(H,19,20). The van der Waals surface area contributed by atoms with E-state index >= 15 is 0 Å². The van der Waals surface area contributed by atoms with E-state index in [-0.39, 0.29) is 17.4 Å². The van der Waals surface area contributed by atoms with Gasteiger partial charge in [0.1, 0.15) is 0 Å². The van der Waals surface area contributed by atoms with Gasteiger partial charge in [0, 0.05) is 30.2 Å². The monoisotopic (exact) mass is 302 g/mol. The maximum Gasteiger partial charge on any atom is 0.248 e. The van der Waals surface area contributed by atoms with Crippen LogP contribution in [0.1, 0.15) is 32.3 Å². The Morgan fingerprint density at radius 3 is 2.64 bits per heavy atom. The Morgan fingerprint density at radius 2 is 2.00 bits per heavy atom. The minimum Gasteiger partial charge on any atom is -0.380 e. The summed E-state index contributed by atoms with van der Waals surface area (Å²) in [4.78, 5) is 26.7. The van der Waals surface area contributed by atoms with Crippen molar-refractivity contribution in [2.75, 3.05) is 12.4 Å². The molecule has 1 aromatic carbocycles. The number of methoxy groups -OCH3 is 1. The molecule has 0 saturated heterocycles. The van der Waals surface area contributed by atoms with Gasteiger partial charge in [-0.3, -0.25) is 9.59 Å². The molecule has 1 aromatic heterocycles. The van der Waals surface area contributed by atoms with Crippen molar-refractivity contribution in [3.05, 3.63) is 40.2 Å². The fourth-order valence-corrected chi connectivity index (χ4v) is 2.59. The minimum atomic E-state index is -0.178. The van der Waals surface area contributed by atoms with E-state index in [2.05, 4.69) is 10.3 Å². The summed E-state index contributed by atoms with van der Waals surface area (Å²) in [6, 6.07) is 7.06. The molecule has 2 N–H and O–H groups in total. The number of fused-ring (bicyclic) bond motifs is 1. The molecule has 0 bridgehead atoms. The number of benzene rings is 1. The highest BCUT2D eigenvalue weighted by atomic mass is 16.5. The van der Waals surface area contributed by atoms with E-state index in [0.717, 1.165) is 23.8 Å². The molecule has 2 rings (SSSR count). The summed E-state index contributed by atoms with van der Waals surface area (Å²) in [5, 5.41) is 3.83. The topological polar surface area (TPSA) is 71.2 Å².